The molecule has 6 heteroatoms. The molecule has 0 rings (SSSR count). The number of esters is 1. The molecule has 6 nitrogen and oxygen atoms in total. The summed E-state index contributed by atoms with van der Waals surface area (Å²) >= 11 is 0. The van der Waals surface area contributed by atoms with Crippen LogP contribution in [0.15, 0.2) is 17.6 Å². The van der Waals surface area contributed by atoms with Gasteiger partial charge in [0, 0.05) is 13.1 Å². The lowest BCUT2D eigenvalue weighted by molar-refractivity contribution is -0.149. The Morgan fingerprint density at radius 1 is 1.32 bits per heavy atom. The molecule has 0 fully saturated rings. The van der Waals surface area contributed by atoms with Crippen molar-refractivity contribution in [3.05, 3.63) is 12.7 Å². The zero-order chi connectivity index (χ0) is 16.8. The third-order valence-electron chi connectivity index (χ3n) is 3.34. The molecule has 4 N–H and O–H groups in total. The van der Waals surface area contributed by atoms with Gasteiger partial charge in [-0.25, -0.2) is 0 Å². The fraction of sp³-hybridized carbons (Fsp3) is 0.750. The van der Waals surface area contributed by atoms with Crippen molar-refractivity contribution in [2.24, 2.45) is 16.5 Å². The molecule has 0 amide bonds. The Morgan fingerprint density at radius 2 is 2.05 bits per heavy atom. The van der Waals surface area contributed by atoms with Crippen LogP contribution < -0.4 is 11.5 Å². The van der Waals surface area contributed by atoms with Gasteiger partial charge >= 0.3 is 5.97 Å². The minimum absolute atomic E-state index is 0.0820. The predicted molar refractivity (Wildman–Crippen MR) is 91.6 cm³/mol. The van der Waals surface area contributed by atoms with E-state index in [1.54, 1.807) is 0 Å². The van der Waals surface area contributed by atoms with Crippen LogP contribution in [0.4, 0.5) is 0 Å². The number of unbranched alkanes of at least 4 members (excludes halogenated alkanes) is 2. The highest BCUT2D eigenvalue weighted by atomic mass is 16.5. The van der Waals surface area contributed by atoms with E-state index in [2.05, 4.69) is 23.4 Å². The van der Waals surface area contributed by atoms with Crippen molar-refractivity contribution in [3.8, 4) is 0 Å². The van der Waals surface area contributed by atoms with Gasteiger partial charge in [-0.2, -0.15) is 0 Å². The summed E-state index contributed by atoms with van der Waals surface area (Å²) in [5.41, 5.74) is 10.6. The second-order valence-corrected chi connectivity index (χ2v) is 5.21. The maximum Gasteiger partial charge on any atom is 0.323 e. The van der Waals surface area contributed by atoms with Crippen LogP contribution in [0.5, 0.6) is 0 Å². The Hall–Kier alpha value is -1.56. The zero-order valence-corrected chi connectivity index (χ0v) is 14.1. The summed E-state index contributed by atoms with van der Waals surface area (Å²) in [6, 6.07) is -0.260. The van der Waals surface area contributed by atoms with Gasteiger partial charge in [0.2, 0.25) is 0 Å². The molecule has 0 aliphatic rings. The molecule has 0 aliphatic heterocycles. The van der Waals surface area contributed by atoms with Crippen molar-refractivity contribution in [1.82, 2.24) is 4.90 Å². The number of carbonyl (C=O) groups excluding carboxylic acids is 1. The van der Waals surface area contributed by atoms with Gasteiger partial charge in [0.05, 0.1) is 6.61 Å². The van der Waals surface area contributed by atoms with Gasteiger partial charge in [0.15, 0.2) is 5.96 Å². The first-order valence-electron chi connectivity index (χ1n) is 8.13. The molecule has 0 aromatic rings. The minimum Gasteiger partial charge on any atom is -0.465 e. The number of nitrogens with two attached hydrogens (primary N) is 2. The van der Waals surface area contributed by atoms with Gasteiger partial charge in [-0.1, -0.05) is 25.8 Å². The van der Waals surface area contributed by atoms with Crippen LogP contribution in [0, 0.1) is 0 Å². The number of rotatable bonds is 13. The van der Waals surface area contributed by atoms with Crippen LogP contribution in [0.3, 0.4) is 0 Å². The second-order valence-electron chi connectivity index (χ2n) is 5.21. The smallest absolute Gasteiger partial charge is 0.323 e. The maximum absolute atomic E-state index is 12.2. The number of aliphatic imine (C=N–C) groups is 1. The molecule has 0 heterocycles. The van der Waals surface area contributed by atoms with Crippen LogP contribution in [-0.2, 0) is 9.53 Å². The second kappa shape index (κ2) is 13.1. The standard InChI is InChI=1S/C16H32N4O2/c1-4-7-8-13-20(12-5-2)14(15(21)22-6-3)10-9-11-19-16(17)18/h5,14H,2,4,6-13H2,1,3H3,(H4,17,18,19). The molecule has 128 valence electrons. The molecule has 0 spiro atoms. The molecule has 0 saturated heterocycles. The van der Waals surface area contributed by atoms with Gasteiger partial charge in [0.1, 0.15) is 6.04 Å². The predicted octanol–water partition coefficient (Wildman–Crippen LogP) is 1.65. The van der Waals surface area contributed by atoms with E-state index in [1.165, 1.54) is 0 Å². The zero-order valence-electron chi connectivity index (χ0n) is 14.1. The number of hydrogen-bond donors (Lipinski definition) is 2. The Labute approximate surface area is 134 Å². The molecular formula is C16H32N4O2. The van der Waals surface area contributed by atoms with Gasteiger partial charge in [-0.05, 0) is 32.7 Å². The fourth-order valence-electron chi connectivity index (χ4n) is 2.29. The van der Waals surface area contributed by atoms with Crippen LogP contribution in [-0.4, -0.2) is 49.1 Å². The van der Waals surface area contributed by atoms with Crippen LogP contribution in [0.2, 0.25) is 0 Å². The summed E-state index contributed by atoms with van der Waals surface area (Å²) in [6.45, 7) is 10.2. The van der Waals surface area contributed by atoms with Crippen molar-refractivity contribution in [2.75, 3.05) is 26.2 Å². The van der Waals surface area contributed by atoms with Crippen LogP contribution >= 0.6 is 0 Å². The summed E-state index contributed by atoms with van der Waals surface area (Å²) in [5.74, 6) is -0.0934. The van der Waals surface area contributed by atoms with E-state index < -0.39 is 0 Å². The van der Waals surface area contributed by atoms with Crippen molar-refractivity contribution < 1.29 is 9.53 Å². The Kier molecular flexibility index (Phi) is 12.2. The number of ether oxygens (including phenoxy) is 1. The fourth-order valence-corrected chi connectivity index (χ4v) is 2.29. The number of nitrogens with zero attached hydrogens (tertiary/aromatic N) is 2. The molecule has 1 unspecified atom stereocenters. The first kappa shape index (κ1) is 20.4. The molecule has 0 aromatic carbocycles. The number of hydrogen-bond acceptors (Lipinski definition) is 4. The number of carbonyl (C=O) groups is 1. The number of guanidine groups is 1. The summed E-state index contributed by atoms with van der Waals surface area (Å²) in [5, 5.41) is 0. The van der Waals surface area contributed by atoms with Crippen LogP contribution in [0.25, 0.3) is 0 Å². The van der Waals surface area contributed by atoms with Crippen LogP contribution in [0.1, 0.15) is 46.0 Å². The third kappa shape index (κ3) is 9.39. The molecule has 0 aromatic heterocycles. The first-order valence-corrected chi connectivity index (χ1v) is 8.13. The quantitative estimate of drug-likeness (QED) is 0.177. The van der Waals surface area contributed by atoms with E-state index in [-0.39, 0.29) is 18.0 Å². The van der Waals surface area contributed by atoms with Gasteiger partial charge in [0.25, 0.3) is 0 Å². The van der Waals surface area contributed by atoms with Crippen molar-refractivity contribution >= 4 is 11.9 Å². The minimum atomic E-state index is -0.260. The first-order chi connectivity index (χ1) is 10.6. The van der Waals surface area contributed by atoms with Gasteiger partial charge in [-0.15, -0.1) is 6.58 Å². The molecule has 0 aliphatic carbocycles. The molecule has 0 radical (unpaired) electrons. The Morgan fingerprint density at radius 3 is 2.59 bits per heavy atom. The molecule has 1 atom stereocenters. The van der Waals surface area contributed by atoms with Crippen molar-refractivity contribution in [3.63, 3.8) is 0 Å². The van der Waals surface area contributed by atoms with Crippen molar-refractivity contribution in [1.29, 1.82) is 0 Å². The normalized spacial score (nSPS) is 12.0. The lowest BCUT2D eigenvalue weighted by Crippen LogP contribution is -2.43. The summed E-state index contributed by atoms with van der Waals surface area (Å²) in [7, 11) is 0. The van der Waals surface area contributed by atoms with Gasteiger partial charge in [-0.3, -0.25) is 14.7 Å². The molecule has 0 saturated carbocycles. The lowest BCUT2D eigenvalue weighted by atomic mass is 10.1. The summed E-state index contributed by atoms with van der Waals surface area (Å²) < 4.78 is 5.22. The highest BCUT2D eigenvalue weighted by Crippen LogP contribution is 2.12. The maximum atomic E-state index is 12.2. The average Bonchev–Trinajstić information content (AvgIpc) is 2.47. The lowest BCUT2D eigenvalue weighted by Gasteiger charge is -2.29. The molecular weight excluding hydrogens is 280 g/mol. The van der Waals surface area contributed by atoms with E-state index in [4.69, 9.17) is 16.2 Å². The Bertz CT molecular complexity index is 341. The van der Waals surface area contributed by atoms with E-state index >= 15 is 0 Å². The average molecular weight is 312 g/mol. The SMILES string of the molecule is C=CCN(CCCCC)C(CCCN=C(N)N)C(=O)OCC. The summed E-state index contributed by atoms with van der Waals surface area (Å²) in [6.07, 6.45) is 6.61. The van der Waals surface area contributed by atoms with E-state index in [9.17, 15) is 4.79 Å². The Balaban J connectivity index is 4.70. The largest absolute Gasteiger partial charge is 0.465 e. The topological polar surface area (TPSA) is 93.9 Å². The molecule has 22 heavy (non-hydrogen) atoms. The third-order valence-corrected chi connectivity index (χ3v) is 3.34. The van der Waals surface area contributed by atoms with E-state index in [0.29, 0.717) is 26.1 Å². The highest BCUT2D eigenvalue weighted by Gasteiger charge is 2.25. The highest BCUT2D eigenvalue weighted by molar-refractivity contribution is 5.76. The van der Waals surface area contributed by atoms with Gasteiger partial charge < -0.3 is 16.2 Å². The van der Waals surface area contributed by atoms with Crippen molar-refractivity contribution in [2.45, 2.75) is 52.0 Å². The molecule has 0 bridgehead atoms. The van der Waals surface area contributed by atoms with E-state index in [0.717, 1.165) is 32.2 Å². The summed E-state index contributed by atoms with van der Waals surface area (Å²) in [4.78, 5) is 18.3. The van der Waals surface area contributed by atoms with E-state index in [1.807, 2.05) is 13.0 Å². The monoisotopic (exact) mass is 312 g/mol.